The number of carbonyl (C=O) groups is 1. The summed E-state index contributed by atoms with van der Waals surface area (Å²) in [4.78, 5) is 30.2. The van der Waals surface area contributed by atoms with Crippen LogP contribution in [0, 0.1) is 12.7 Å². The minimum atomic E-state index is -1.04. The number of pyridine rings is 2. The van der Waals surface area contributed by atoms with Gasteiger partial charge in [-0.25, -0.2) is 14.2 Å². The van der Waals surface area contributed by atoms with Gasteiger partial charge >= 0.3 is 5.97 Å². The van der Waals surface area contributed by atoms with Crippen LogP contribution in [0.25, 0.3) is 21.7 Å². The molecular formula is C20H14FN3O3. The molecule has 0 atom stereocenters. The van der Waals surface area contributed by atoms with Gasteiger partial charge in [-0.1, -0.05) is 6.07 Å². The van der Waals surface area contributed by atoms with Crippen LogP contribution in [0.4, 0.5) is 15.9 Å². The summed E-state index contributed by atoms with van der Waals surface area (Å²) in [7, 11) is 0. The number of carboxylic acid groups (broad SMARTS) is 1. The number of H-pyrrole nitrogens is 1. The van der Waals surface area contributed by atoms with Gasteiger partial charge in [0.15, 0.2) is 0 Å². The van der Waals surface area contributed by atoms with Gasteiger partial charge in [0.05, 0.1) is 11.1 Å². The van der Waals surface area contributed by atoms with Gasteiger partial charge in [-0.2, -0.15) is 0 Å². The fraction of sp³-hybridized carbons (Fsp3) is 0.0500. The molecule has 7 heteroatoms. The average Bonchev–Trinajstić information content (AvgIpc) is 2.63. The lowest BCUT2D eigenvalue weighted by Crippen LogP contribution is -2.06. The summed E-state index contributed by atoms with van der Waals surface area (Å²) in [5, 5.41) is 14.1. The van der Waals surface area contributed by atoms with Crippen molar-refractivity contribution >= 4 is 39.1 Å². The second kappa shape index (κ2) is 6.21. The highest BCUT2D eigenvalue weighted by Gasteiger charge is 2.13. The molecule has 2 heterocycles. The summed E-state index contributed by atoms with van der Waals surface area (Å²) in [6.45, 7) is 1.83. The Bertz CT molecular complexity index is 1280. The minimum Gasteiger partial charge on any atom is -0.478 e. The Hall–Kier alpha value is -3.74. The van der Waals surface area contributed by atoms with Gasteiger partial charge in [0.2, 0.25) is 5.56 Å². The molecule has 0 unspecified atom stereocenters. The van der Waals surface area contributed by atoms with Crippen LogP contribution in [-0.4, -0.2) is 21.0 Å². The van der Waals surface area contributed by atoms with E-state index in [4.69, 9.17) is 0 Å². The highest BCUT2D eigenvalue weighted by atomic mass is 19.1. The maximum atomic E-state index is 13.7. The summed E-state index contributed by atoms with van der Waals surface area (Å²) in [6.07, 6.45) is 1.52. The number of hydrogen-bond donors (Lipinski definition) is 3. The first-order chi connectivity index (χ1) is 12.9. The Morgan fingerprint density at radius 2 is 1.93 bits per heavy atom. The summed E-state index contributed by atoms with van der Waals surface area (Å²) in [5.74, 6) is -1.05. The van der Waals surface area contributed by atoms with Crippen molar-refractivity contribution in [3.8, 4) is 0 Å². The molecule has 2 aromatic heterocycles. The van der Waals surface area contributed by atoms with E-state index in [1.165, 1.54) is 36.5 Å². The molecule has 0 spiro atoms. The van der Waals surface area contributed by atoms with E-state index in [9.17, 15) is 19.1 Å². The first-order valence-corrected chi connectivity index (χ1v) is 8.15. The number of aryl methyl sites for hydroxylation is 1. The fourth-order valence-corrected chi connectivity index (χ4v) is 3.01. The van der Waals surface area contributed by atoms with Gasteiger partial charge in [-0.3, -0.25) is 4.79 Å². The molecule has 0 bridgehead atoms. The normalized spacial score (nSPS) is 11.0. The molecule has 0 amide bonds. The van der Waals surface area contributed by atoms with Crippen LogP contribution in [0.1, 0.15) is 15.9 Å². The zero-order chi connectivity index (χ0) is 19.1. The monoisotopic (exact) mass is 363 g/mol. The lowest BCUT2D eigenvalue weighted by molar-refractivity contribution is 0.0697. The van der Waals surface area contributed by atoms with E-state index in [1.807, 2.05) is 6.92 Å². The molecule has 0 aliphatic carbocycles. The van der Waals surface area contributed by atoms with Crippen LogP contribution in [0.3, 0.4) is 0 Å². The fourth-order valence-electron chi connectivity index (χ4n) is 3.01. The van der Waals surface area contributed by atoms with E-state index in [0.717, 1.165) is 5.56 Å². The lowest BCUT2D eigenvalue weighted by atomic mass is 10.1. The van der Waals surface area contributed by atoms with Crippen molar-refractivity contribution in [2.45, 2.75) is 6.92 Å². The Kier molecular flexibility index (Phi) is 3.84. The van der Waals surface area contributed by atoms with Gasteiger partial charge in [-0.05, 0) is 42.8 Å². The van der Waals surface area contributed by atoms with Gasteiger partial charge in [0, 0.05) is 34.1 Å². The summed E-state index contributed by atoms with van der Waals surface area (Å²) < 4.78 is 13.7. The van der Waals surface area contributed by atoms with Gasteiger partial charge < -0.3 is 15.4 Å². The highest BCUT2D eigenvalue weighted by molar-refractivity contribution is 6.10. The predicted octanol–water partition coefficient (Wildman–Crippen LogP) is 3.97. The van der Waals surface area contributed by atoms with Gasteiger partial charge in [0.25, 0.3) is 0 Å². The SMILES string of the molecule is Cc1ccc(C(=O)O)cc1Nc1nc2ccc(F)cc2c2c[nH]c(=O)cc12. The third-order valence-corrected chi connectivity index (χ3v) is 4.40. The molecule has 0 saturated heterocycles. The number of aromatic amines is 1. The molecule has 6 nitrogen and oxygen atoms in total. The second-order valence-electron chi connectivity index (χ2n) is 6.21. The van der Waals surface area contributed by atoms with E-state index in [1.54, 1.807) is 12.1 Å². The van der Waals surface area contributed by atoms with Gasteiger partial charge in [0.1, 0.15) is 11.6 Å². The zero-order valence-corrected chi connectivity index (χ0v) is 14.2. The second-order valence-corrected chi connectivity index (χ2v) is 6.21. The van der Waals surface area contributed by atoms with Crippen molar-refractivity contribution in [2.24, 2.45) is 0 Å². The topological polar surface area (TPSA) is 95.1 Å². The van der Waals surface area contributed by atoms with E-state index < -0.39 is 11.8 Å². The van der Waals surface area contributed by atoms with Crippen molar-refractivity contribution in [3.05, 3.63) is 76.0 Å². The number of nitrogens with one attached hydrogen (secondary N) is 2. The molecule has 0 aliphatic heterocycles. The Morgan fingerprint density at radius 3 is 2.70 bits per heavy atom. The van der Waals surface area contributed by atoms with Crippen molar-refractivity contribution in [3.63, 3.8) is 0 Å². The number of fused-ring (bicyclic) bond motifs is 3. The van der Waals surface area contributed by atoms with Crippen molar-refractivity contribution in [1.82, 2.24) is 9.97 Å². The molecule has 3 N–H and O–H groups in total. The van der Waals surface area contributed by atoms with Crippen LogP contribution in [0.5, 0.6) is 0 Å². The molecule has 0 fully saturated rings. The van der Waals surface area contributed by atoms with Crippen molar-refractivity contribution < 1.29 is 14.3 Å². The van der Waals surface area contributed by atoms with Crippen LogP contribution >= 0.6 is 0 Å². The molecule has 0 radical (unpaired) electrons. The summed E-state index contributed by atoms with van der Waals surface area (Å²) in [6, 6.07) is 10.3. The molecule has 4 rings (SSSR count). The quantitative estimate of drug-likeness (QED) is 0.479. The Labute approximate surface area is 152 Å². The maximum Gasteiger partial charge on any atom is 0.335 e. The van der Waals surface area contributed by atoms with Crippen LogP contribution in [-0.2, 0) is 0 Å². The number of rotatable bonds is 3. The average molecular weight is 363 g/mol. The molecule has 0 aliphatic rings. The molecule has 27 heavy (non-hydrogen) atoms. The number of aromatic nitrogens is 2. The smallest absolute Gasteiger partial charge is 0.335 e. The zero-order valence-electron chi connectivity index (χ0n) is 14.2. The van der Waals surface area contributed by atoms with Crippen molar-refractivity contribution in [2.75, 3.05) is 5.32 Å². The first-order valence-electron chi connectivity index (χ1n) is 8.15. The first kappa shape index (κ1) is 16.7. The third kappa shape index (κ3) is 2.99. The number of nitrogens with zero attached hydrogens (tertiary/aromatic N) is 1. The summed E-state index contributed by atoms with van der Waals surface area (Å²) >= 11 is 0. The largest absolute Gasteiger partial charge is 0.478 e. The third-order valence-electron chi connectivity index (χ3n) is 4.40. The standard InChI is InChI=1S/C20H14FN3O3/c1-10-2-3-11(20(26)27)6-17(10)24-19-14-8-18(25)22-9-15(14)13-7-12(21)4-5-16(13)23-19/h2-9H,1H3,(H,22,25)(H,23,24)(H,26,27). The van der Waals surface area contributed by atoms with Crippen LogP contribution in [0.15, 0.2) is 53.5 Å². The molecule has 0 saturated carbocycles. The number of anilines is 2. The summed E-state index contributed by atoms with van der Waals surface area (Å²) in [5.41, 5.74) is 1.74. The van der Waals surface area contributed by atoms with Gasteiger partial charge in [-0.15, -0.1) is 0 Å². The number of aromatic carboxylic acids is 1. The molecule has 134 valence electrons. The van der Waals surface area contributed by atoms with Crippen molar-refractivity contribution in [1.29, 1.82) is 0 Å². The van der Waals surface area contributed by atoms with E-state index >= 15 is 0 Å². The molecule has 4 aromatic rings. The minimum absolute atomic E-state index is 0.133. The predicted molar refractivity (Wildman–Crippen MR) is 101 cm³/mol. The lowest BCUT2D eigenvalue weighted by Gasteiger charge is -2.13. The number of carboxylic acids is 1. The van der Waals surface area contributed by atoms with E-state index in [2.05, 4.69) is 15.3 Å². The van der Waals surface area contributed by atoms with Crippen LogP contribution in [0.2, 0.25) is 0 Å². The van der Waals surface area contributed by atoms with E-state index in [-0.39, 0.29) is 11.1 Å². The molecule has 2 aromatic carbocycles. The van der Waals surface area contributed by atoms with Crippen LogP contribution < -0.4 is 10.9 Å². The Balaban J connectivity index is 1.97. The molecular weight excluding hydrogens is 349 g/mol. The number of hydrogen-bond acceptors (Lipinski definition) is 4. The van der Waals surface area contributed by atoms with E-state index in [0.29, 0.717) is 33.2 Å². The number of benzene rings is 2. The number of halogens is 1. The highest BCUT2D eigenvalue weighted by Crippen LogP contribution is 2.31. The Morgan fingerprint density at radius 1 is 1.11 bits per heavy atom. The maximum absolute atomic E-state index is 13.7.